The van der Waals surface area contributed by atoms with Crippen LogP contribution >= 0.6 is 11.8 Å². The first-order valence-corrected chi connectivity index (χ1v) is 6.48. The normalized spacial score (nSPS) is 12.5. The molecule has 3 N–H and O–H groups in total. The van der Waals surface area contributed by atoms with Crippen molar-refractivity contribution in [2.45, 2.75) is 31.8 Å². The van der Waals surface area contributed by atoms with Gasteiger partial charge in [0.05, 0.1) is 5.75 Å². The van der Waals surface area contributed by atoms with Gasteiger partial charge in [-0.3, -0.25) is 4.79 Å². The number of nitrogens with two attached hydrogens (primary N) is 1. The second-order valence-corrected chi connectivity index (χ2v) is 5.10. The summed E-state index contributed by atoms with van der Waals surface area (Å²) in [5.74, 6) is 1.08. The van der Waals surface area contributed by atoms with Crippen molar-refractivity contribution in [3.8, 4) is 0 Å². The lowest BCUT2D eigenvalue weighted by atomic mass is 10.1. The van der Waals surface area contributed by atoms with Gasteiger partial charge >= 0.3 is 0 Å². The highest BCUT2D eigenvalue weighted by atomic mass is 32.2. The number of rotatable bonds is 5. The second-order valence-electron chi connectivity index (χ2n) is 4.14. The SMILES string of the molecule is CC(C)C(C)NC(=O)CSc1nccnc1N. The molecule has 1 heterocycles. The van der Waals surface area contributed by atoms with E-state index in [0.29, 0.717) is 22.5 Å². The van der Waals surface area contributed by atoms with Crippen LogP contribution in [0.15, 0.2) is 17.4 Å². The van der Waals surface area contributed by atoms with Crippen LogP contribution in [0.3, 0.4) is 0 Å². The fourth-order valence-corrected chi connectivity index (χ4v) is 1.73. The average molecular weight is 254 g/mol. The molecule has 0 aliphatic carbocycles. The fraction of sp³-hybridized carbons (Fsp3) is 0.545. The Labute approximate surface area is 106 Å². The van der Waals surface area contributed by atoms with Gasteiger partial charge in [0.25, 0.3) is 0 Å². The molecular weight excluding hydrogens is 236 g/mol. The van der Waals surface area contributed by atoms with Crippen LogP contribution in [0.4, 0.5) is 5.82 Å². The van der Waals surface area contributed by atoms with Gasteiger partial charge < -0.3 is 11.1 Å². The van der Waals surface area contributed by atoms with Crippen LogP contribution in [-0.4, -0.2) is 27.7 Å². The van der Waals surface area contributed by atoms with E-state index >= 15 is 0 Å². The standard InChI is InChI=1S/C11H18N4OS/c1-7(2)8(3)15-9(16)6-17-11-10(12)13-4-5-14-11/h4-5,7-8H,6H2,1-3H3,(H2,12,13)(H,15,16). The topological polar surface area (TPSA) is 80.9 Å². The molecule has 0 bridgehead atoms. The number of nitrogen functional groups attached to an aromatic ring is 1. The molecule has 0 aliphatic rings. The third kappa shape index (κ3) is 4.60. The van der Waals surface area contributed by atoms with Gasteiger partial charge in [0.1, 0.15) is 5.03 Å². The van der Waals surface area contributed by atoms with E-state index in [9.17, 15) is 4.79 Å². The number of nitrogens with zero attached hydrogens (tertiary/aromatic N) is 2. The maximum Gasteiger partial charge on any atom is 0.230 e. The number of hydrogen-bond donors (Lipinski definition) is 2. The number of aromatic nitrogens is 2. The maximum atomic E-state index is 11.6. The summed E-state index contributed by atoms with van der Waals surface area (Å²) in [4.78, 5) is 19.6. The lowest BCUT2D eigenvalue weighted by molar-refractivity contribution is -0.119. The van der Waals surface area contributed by atoms with E-state index in [4.69, 9.17) is 5.73 Å². The Morgan fingerprint density at radius 3 is 2.65 bits per heavy atom. The van der Waals surface area contributed by atoms with Crippen LogP contribution in [0, 0.1) is 5.92 Å². The molecule has 17 heavy (non-hydrogen) atoms. The van der Waals surface area contributed by atoms with E-state index < -0.39 is 0 Å². The average Bonchev–Trinajstić information content (AvgIpc) is 2.27. The number of anilines is 1. The van der Waals surface area contributed by atoms with E-state index in [1.54, 1.807) is 6.20 Å². The Morgan fingerprint density at radius 1 is 1.41 bits per heavy atom. The van der Waals surface area contributed by atoms with E-state index in [-0.39, 0.29) is 11.9 Å². The number of amides is 1. The van der Waals surface area contributed by atoms with Crippen molar-refractivity contribution >= 4 is 23.5 Å². The lowest BCUT2D eigenvalue weighted by Gasteiger charge is -2.17. The van der Waals surface area contributed by atoms with Gasteiger partial charge in [-0.15, -0.1) is 0 Å². The van der Waals surface area contributed by atoms with Crippen LogP contribution in [0.25, 0.3) is 0 Å². The summed E-state index contributed by atoms with van der Waals surface area (Å²) in [6, 6.07) is 0.169. The van der Waals surface area contributed by atoms with Gasteiger partial charge in [-0.1, -0.05) is 25.6 Å². The Balaban J connectivity index is 2.41. The minimum atomic E-state index is -0.0127. The summed E-state index contributed by atoms with van der Waals surface area (Å²) in [7, 11) is 0. The molecule has 1 amide bonds. The number of nitrogens with one attached hydrogen (secondary N) is 1. The zero-order chi connectivity index (χ0) is 12.8. The Kier molecular flexibility index (Phi) is 5.21. The Bertz CT molecular complexity index is 383. The van der Waals surface area contributed by atoms with Gasteiger partial charge in [-0.2, -0.15) is 0 Å². The molecule has 1 unspecified atom stereocenters. The first-order valence-electron chi connectivity index (χ1n) is 5.49. The molecule has 6 heteroatoms. The molecule has 1 atom stereocenters. The van der Waals surface area contributed by atoms with Crippen molar-refractivity contribution in [2.24, 2.45) is 5.92 Å². The zero-order valence-corrected chi connectivity index (χ0v) is 11.1. The van der Waals surface area contributed by atoms with Gasteiger partial charge in [-0.05, 0) is 12.8 Å². The smallest absolute Gasteiger partial charge is 0.230 e. The molecule has 0 fully saturated rings. The molecular formula is C11H18N4OS. The quantitative estimate of drug-likeness (QED) is 0.774. The third-order valence-corrected chi connectivity index (χ3v) is 3.41. The van der Waals surface area contributed by atoms with Crippen molar-refractivity contribution in [1.82, 2.24) is 15.3 Å². The fourth-order valence-electron chi connectivity index (χ4n) is 1.04. The largest absolute Gasteiger partial charge is 0.381 e. The van der Waals surface area contributed by atoms with Crippen LogP contribution < -0.4 is 11.1 Å². The van der Waals surface area contributed by atoms with Gasteiger partial charge in [-0.25, -0.2) is 9.97 Å². The first-order chi connectivity index (χ1) is 8.00. The minimum absolute atomic E-state index is 0.0127. The summed E-state index contributed by atoms with van der Waals surface area (Å²) in [6.45, 7) is 6.13. The van der Waals surface area contributed by atoms with Crippen molar-refractivity contribution in [2.75, 3.05) is 11.5 Å². The van der Waals surface area contributed by atoms with Crippen molar-refractivity contribution in [3.05, 3.63) is 12.4 Å². The third-order valence-electron chi connectivity index (χ3n) is 2.42. The molecule has 1 rings (SSSR count). The molecule has 1 aromatic heterocycles. The van der Waals surface area contributed by atoms with Crippen molar-refractivity contribution in [1.29, 1.82) is 0 Å². The number of carbonyl (C=O) groups is 1. The summed E-state index contributed by atoms with van der Waals surface area (Å²) in [5, 5.41) is 3.52. The highest BCUT2D eigenvalue weighted by molar-refractivity contribution is 8.00. The molecule has 0 aliphatic heterocycles. The maximum absolute atomic E-state index is 11.6. The number of carbonyl (C=O) groups excluding carboxylic acids is 1. The summed E-state index contributed by atoms with van der Waals surface area (Å²) in [6.07, 6.45) is 3.09. The monoisotopic (exact) mass is 254 g/mol. The zero-order valence-electron chi connectivity index (χ0n) is 10.3. The summed E-state index contributed by atoms with van der Waals surface area (Å²) < 4.78 is 0. The van der Waals surface area contributed by atoms with Crippen LogP contribution in [0.2, 0.25) is 0 Å². The molecule has 0 aromatic carbocycles. The molecule has 0 spiro atoms. The van der Waals surface area contributed by atoms with Crippen molar-refractivity contribution in [3.63, 3.8) is 0 Å². The van der Waals surface area contributed by atoms with E-state index in [2.05, 4.69) is 29.1 Å². The summed E-state index contributed by atoms with van der Waals surface area (Å²) >= 11 is 1.30. The van der Waals surface area contributed by atoms with Gasteiger partial charge in [0.2, 0.25) is 5.91 Å². The molecule has 1 aromatic rings. The highest BCUT2D eigenvalue weighted by Gasteiger charge is 2.12. The van der Waals surface area contributed by atoms with Crippen LogP contribution in [-0.2, 0) is 4.79 Å². The number of thioether (sulfide) groups is 1. The van der Waals surface area contributed by atoms with Gasteiger partial charge in [0.15, 0.2) is 5.82 Å². The van der Waals surface area contributed by atoms with E-state index in [0.717, 1.165) is 0 Å². The van der Waals surface area contributed by atoms with Crippen LogP contribution in [0.1, 0.15) is 20.8 Å². The van der Waals surface area contributed by atoms with Crippen LogP contribution in [0.5, 0.6) is 0 Å². The predicted molar refractivity (Wildman–Crippen MR) is 69.6 cm³/mol. The van der Waals surface area contributed by atoms with E-state index in [1.165, 1.54) is 18.0 Å². The first kappa shape index (κ1) is 13.8. The number of hydrogen-bond acceptors (Lipinski definition) is 5. The Morgan fingerprint density at radius 2 is 2.06 bits per heavy atom. The second kappa shape index (κ2) is 6.44. The molecule has 0 radical (unpaired) electrons. The Hall–Kier alpha value is -1.30. The highest BCUT2D eigenvalue weighted by Crippen LogP contribution is 2.19. The predicted octanol–water partition coefficient (Wildman–Crippen LogP) is 1.31. The summed E-state index contributed by atoms with van der Waals surface area (Å²) in [5.41, 5.74) is 5.63. The molecule has 0 saturated heterocycles. The van der Waals surface area contributed by atoms with E-state index in [1.807, 2.05) is 6.92 Å². The van der Waals surface area contributed by atoms with Gasteiger partial charge in [0, 0.05) is 18.4 Å². The minimum Gasteiger partial charge on any atom is -0.381 e. The molecule has 5 nitrogen and oxygen atoms in total. The lowest BCUT2D eigenvalue weighted by Crippen LogP contribution is -2.37. The molecule has 0 saturated carbocycles. The van der Waals surface area contributed by atoms with Crippen molar-refractivity contribution < 1.29 is 4.79 Å². The molecule has 94 valence electrons.